The molecular formula is C9H16N2OS. The summed E-state index contributed by atoms with van der Waals surface area (Å²) in [5, 5.41) is 6.44. The highest BCUT2D eigenvalue weighted by atomic mass is 32.2. The fourth-order valence-electron chi connectivity index (χ4n) is 2.07. The fraction of sp³-hybridized carbons (Fsp3) is 0.889. The molecule has 0 bridgehead atoms. The van der Waals surface area contributed by atoms with Gasteiger partial charge in [-0.15, -0.1) is 0 Å². The summed E-state index contributed by atoms with van der Waals surface area (Å²) < 4.78 is 0. The van der Waals surface area contributed by atoms with Crippen LogP contribution in [-0.2, 0) is 4.79 Å². The molecule has 1 unspecified atom stereocenters. The lowest BCUT2D eigenvalue weighted by atomic mass is 9.89. The third-order valence-corrected chi connectivity index (χ3v) is 3.95. The number of nitrogens with one attached hydrogen (secondary N) is 2. The van der Waals surface area contributed by atoms with Crippen molar-refractivity contribution in [2.75, 3.05) is 18.1 Å². The van der Waals surface area contributed by atoms with Crippen LogP contribution in [0.3, 0.4) is 0 Å². The number of thioether (sulfide) groups is 1. The summed E-state index contributed by atoms with van der Waals surface area (Å²) in [7, 11) is 0. The number of carbonyl (C=O) groups excluding carboxylic acids is 1. The van der Waals surface area contributed by atoms with Crippen LogP contribution in [0, 0.1) is 0 Å². The second kappa shape index (κ2) is 3.50. The standard InChI is InChI=1S/C9H16N2OS/c1-7-8(12)10-6-9(11-7)2-4-13-5-3-9/h7,11H,2-6H2,1H3,(H,10,12). The lowest BCUT2D eigenvalue weighted by molar-refractivity contribution is -0.125. The summed E-state index contributed by atoms with van der Waals surface area (Å²) in [6, 6.07) is -0.0168. The number of hydrogen-bond acceptors (Lipinski definition) is 3. The minimum Gasteiger partial charge on any atom is -0.353 e. The Morgan fingerprint density at radius 2 is 2.15 bits per heavy atom. The van der Waals surface area contributed by atoms with Crippen molar-refractivity contribution in [2.45, 2.75) is 31.3 Å². The molecule has 0 aromatic heterocycles. The molecule has 1 atom stereocenters. The zero-order valence-corrected chi connectivity index (χ0v) is 8.75. The van der Waals surface area contributed by atoms with Gasteiger partial charge in [-0.25, -0.2) is 0 Å². The van der Waals surface area contributed by atoms with Gasteiger partial charge in [-0.2, -0.15) is 11.8 Å². The predicted octanol–water partition coefficient (Wildman–Crippen LogP) is 0.360. The molecule has 2 aliphatic rings. The van der Waals surface area contributed by atoms with E-state index in [2.05, 4.69) is 10.6 Å². The molecule has 2 fully saturated rings. The summed E-state index contributed by atoms with van der Waals surface area (Å²) in [6.45, 7) is 2.76. The Morgan fingerprint density at radius 3 is 2.77 bits per heavy atom. The van der Waals surface area contributed by atoms with Crippen molar-refractivity contribution in [1.82, 2.24) is 10.6 Å². The van der Waals surface area contributed by atoms with E-state index in [0.717, 1.165) is 6.54 Å². The van der Waals surface area contributed by atoms with E-state index in [-0.39, 0.29) is 17.5 Å². The van der Waals surface area contributed by atoms with Gasteiger partial charge in [-0.1, -0.05) is 0 Å². The van der Waals surface area contributed by atoms with Gasteiger partial charge in [0, 0.05) is 12.1 Å². The van der Waals surface area contributed by atoms with Crippen molar-refractivity contribution in [3.8, 4) is 0 Å². The van der Waals surface area contributed by atoms with Crippen molar-refractivity contribution < 1.29 is 4.79 Å². The monoisotopic (exact) mass is 200 g/mol. The Morgan fingerprint density at radius 1 is 1.46 bits per heavy atom. The Labute approximate surface area is 83.0 Å². The molecule has 0 aromatic carbocycles. The van der Waals surface area contributed by atoms with Gasteiger partial charge >= 0.3 is 0 Å². The fourth-order valence-corrected chi connectivity index (χ4v) is 3.34. The van der Waals surface area contributed by atoms with E-state index >= 15 is 0 Å². The molecule has 2 N–H and O–H groups in total. The third-order valence-electron chi connectivity index (χ3n) is 2.97. The van der Waals surface area contributed by atoms with Gasteiger partial charge in [0.1, 0.15) is 0 Å². The number of hydrogen-bond donors (Lipinski definition) is 2. The van der Waals surface area contributed by atoms with Crippen LogP contribution in [0.5, 0.6) is 0 Å². The molecule has 0 saturated carbocycles. The first-order chi connectivity index (χ1) is 6.22. The number of carbonyl (C=O) groups is 1. The highest BCUT2D eigenvalue weighted by Gasteiger charge is 2.38. The Kier molecular flexibility index (Phi) is 2.51. The van der Waals surface area contributed by atoms with Crippen molar-refractivity contribution >= 4 is 17.7 Å². The van der Waals surface area contributed by atoms with Crippen molar-refractivity contribution in [3.63, 3.8) is 0 Å². The van der Waals surface area contributed by atoms with Crippen LogP contribution in [0.1, 0.15) is 19.8 Å². The van der Waals surface area contributed by atoms with Gasteiger partial charge in [0.2, 0.25) is 5.91 Å². The van der Waals surface area contributed by atoms with E-state index in [1.807, 2.05) is 18.7 Å². The summed E-state index contributed by atoms with van der Waals surface area (Å²) in [5.41, 5.74) is 0.207. The minimum absolute atomic E-state index is 0.0168. The van der Waals surface area contributed by atoms with Crippen molar-refractivity contribution in [3.05, 3.63) is 0 Å². The van der Waals surface area contributed by atoms with E-state index in [4.69, 9.17) is 0 Å². The van der Waals surface area contributed by atoms with Crippen molar-refractivity contribution in [1.29, 1.82) is 0 Å². The smallest absolute Gasteiger partial charge is 0.236 e. The molecule has 1 spiro atoms. The van der Waals surface area contributed by atoms with Crippen LogP contribution in [0.2, 0.25) is 0 Å². The maximum Gasteiger partial charge on any atom is 0.236 e. The zero-order chi connectivity index (χ0) is 9.31. The first-order valence-electron chi connectivity index (χ1n) is 4.85. The highest BCUT2D eigenvalue weighted by molar-refractivity contribution is 7.99. The maximum atomic E-state index is 11.2. The maximum absolute atomic E-state index is 11.2. The van der Waals surface area contributed by atoms with E-state index in [1.54, 1.807) is 0 Å². The van der Waals surface area contributed by atoms with Gasteiger partial charge in [-0.05, 0) is 31.3 Å². The summed E-state index contributed by atoms with van der Waals surface area (Å²) in [6.07, 6.45) is 2.37. The quantitative estimate of drug-likeness (QED) is 0.593. The third kappa shape index (κ3) is 1.83. The largest absolute Gasteiger partial charge is 0.353 e. The Bertz CT molecular complexity index is 214. The first kappa shape index (κ1) is 9.34. The van der Waals surface area contributed by atoms with Crippen LogP contribution in [0.25, 0.3) is 0 Å². The topological polar surface area (TPSA) is 41.1 Å². The molecule has 0 aromatic rings. The van der Waals surface area contributed by atoms with Crippen LogP contribution in [0.4, 0.5) is 0 Å². The highest BCUT2D eigenvalue weighted by Crippen LogP contribution is 2.28. The second-order valence-corrected chi connectivity index (χ2v) is 5.20. The van der Waals surface area contributed by atoms with Crippen LogP contribution in [-0.4, -0.2) is 35.5 Å². The van der Waals surface area contributed by atoms with E-state index < -0.39 is 0 Å². The van der Waals surface area contributed by atoms with Gasteiger partial charge in [0.15, 0.2) is 0 Å². The summed E-state index contributed by atoms with van der Waals surface area (Å²) >= 11 is 2.01. The van der Waals surface area contributed by atoms with Crippen LogP contribution >= 0.6 is 11.8 Å². The molecule has 2 saturated heterocycles. The predicted molar refractivity (Wildman–Crippen MR) is 54.9 cm³/mol. The Hall–Kier alpha value is -0.220. The van der Waals surface area contributed by atoms with Gasteiger partial charge < -0.3 is 5.32 Å². The lowest BCUT2D eigenvalue weighted by Crippen LogP contribution is -2.66. The van der Waals surface area contributed by atoms with E-state index in [0.29, 0.717) is 0 Å². The molecule has 1 amide bonds. The molecule has 2 heterocycles. The molecule has 74 valence electrons. The molecule has 4 heteroatoms. The molecular weight excluding hydrogens is 184 g/mol. The normalized spacial score (nSPS) is 33.0. The average molecular weight is 200 g/mol. The minimum atomic E-state index is -0.0168. The summed E-state index contributed by atoms with van der Waals surface area (Å²) in [5.74, 6) is 2.58. The van der Waals surface area contributed by atoms with Gasteiger partial charge in [0.05, 0.1) is 6.04 Å². The molecule has 2 rings (SSSR count). The molecule has 0 aliphatic carbocycles. The van der Waals surface area contributed by atoms with E-state index in [1.165, 1.54) is 24.3 Å². The second-order valence-electron chi connectivity index (χ2n) is 3.98. The zero-order valence-electron chi connectivity index (χ0n) is 7.93. The number of piperazine rings is 1. The average Bonchev–Trinajstić information content (AvgIpc) is 2.14. The van der Waals surface area contributed by atoms with Gasteiger partial charge in [-0.3, -0.25) is 10.1 Å². The van der Waals surface area contributed by atoms with Crippen LogP contribution in [0.15, 0.2) is 0 Å². The number of rotatable bonds is 0. The molecule has 0 radical (unpaired) electrons. The van der Waals surface area contributed by atoms with Crippen molar-refractivity contribution in [2.24, 2.45) is 0 Å². The first-order valence-corrected chi connectivity index (χ1v) is 6.01. The van der Waals surface area contributed by atoms with Gasteiger partial charge in [0.25, 0.3) is 0 Å². The molecule has 13 heavy (non-hydrogen) atoms. The van der Waals surface area contributed by atoms with Crippen LogP contribution < -0.4 is 10.6 Å². The number of amides is 1. The Balaban J connectivity index is 2.02. The van der Waals surface area contributed by atoms with E-state index in [9.17, 15) is 4.79 Å². The SMILES string of the molecule is CC1NC2(CCSCC2)CNC1=O. The molecule has 2 aliphatic heterocycles. The lowest BCUT2D eigenvalue weighted by Gasteiger charge is -2.43. The summed E-state index contributed by atoms with van der Waals surface area (Å²) in [4.78, 5) is 11.2. The molecule has 3 nitrogen and oxygen atoms in total.